The van der Waals surface area contributed by atoms with Crippen LogP contribution >= 0.6 is 0 Å². The van der Waals surface area contributed by atoms with E-state index in [0.717, 1.165) is 11.1 Å². The van der Waals surface area contributed by atoms with E-state index in [4.69, 9.17) is 15.9 Å². The fraction of sp³-hybridized carbons (Fsp3) is 0.190. The van der Waals surface area contributed by atoms with Crippen molar-refractivity contribution in [2.75, 3.05) is 5.32 Å². The highest BCUT2D eigenvalue weighted by Crippen LogP contribution is 2.29. The number of nitrogens with two attached hydrogens (primary N) is 2. The predicted octanol–water partition coefficient (Wildman–Crippen LogP) is 2.99. The van der Waals surface area contributed by atoms with E-state index in [-0.39, 0.29) is 18.7 Å². The number of carbonyl (C=O) groups excluding carboxylic acids is 2. The maximum absolute atomic E-state index is 13.3. The summed E-state index contributed by atoms with van der Waals surface area (Å²) in [6.07, 6.45) is 1.78. The number of anilines is 1. The van der Waals surface area contributed by atoms with Crippen molar-refractivity contribution in [1.82, 2.24) is 4.98 Å². The van der Waals surface area contributed by atoms with Crippen LogP contribution in [0.4, 0.5) is 10.1 Å². The third-order valence-electron chi connectivity index (χ3n) is 4.38. The Kier molecular flexibility index (Phi) is 6.04. The molecule has 1 aromatic heterocycles. The third-order valence-corrected chi connectivity index (χ3v) is 4.38. The Morgan fingerprint density at radius 2 is 2.03 bits per heavy atom. The summed E-state index contributed by atoms with van der Waals surface area (Å²) in [4.78, 5) is 27.3. The van der Waals surface area contributed by atoms with Gasteiger partial charge in [0.2, 0.25) is 17.7 Å². The Morgan fingerprint density at radius 1 is 1.24 bits per heavy atom. The Balaban J connectivity index is 1.75. The van der Waals surface area contributed by atoms with Crippen LogP contribution in [0.5, 0.6) is 0 Å². The van der Waals surface area contributed by atoms with Gasteiger partial charge in [0.05, 0.1) is 12.2 Å². The second-order valence-electron chi connectivity index (χ2n) is 6.67. The number of hydrogen-bond acceptors (Lipinski definition) is 5. The van der Waals surface area contributed by atoms with Crippen LogP contribution in [0.25, 0.3) is 22.8 Å². The van der Waals surface area contributed by atoms with Crippen molar-refractivity contribution >= 4 is 17.5 Å². The van der Waals surface area contributed by atoms with E-state index in [1.54, 1.807) is 43.5 Å². The first-order valence-electron chi connectivity index (χ1n) is 9.01. The molecule has 8 heteroatoms. The van der Waals surface area contributed by atoms with E-state index >= 15 is 0 Å². The first-order valence-corrected chi connectivity index (χ1v) is 9.01. The number of primary amides is 1. The van der Waals surface area contributed by atoms with Gasteiger partial charge in [0.1, 0.15) is 5.82 Å². The summed E-state index contributed by atoms with van der Waals surface area (Å²) in [5, 5.41) is 2.70. The van der Waals surface area contributed by atoms with Crippen molar-refractivity contribution in [1.29, 1.82) is 0 Å². The summed E-state index contributed by atoms with van der Waals surface area (Å²) in [7, 11) is 0. The minimum absolute atomic E-state index is 0.0382. The molecule has 7 nitrogen and oxygen atoms in total. The van der Waals surface area contributed by atoms with E-state index in [9.17, 15) is 14.0 Å². The fourth-order valence-electron chi connectivity index (χ4n) is 2.83. The molecule has 3 aromatic rings. The van der Waals surface area contributed by atoms with E-state index in [1.165, 1.54) is 12.1 Å². The summed E-state index contributed by atoms with van der Waals surface area (Å²) in [6, 6.07) is 10.5. The number of amides is 2. The van der Waals surface area contributed by atoms with Crippen LogP contribution in [0.15, 0.2) is 53.1 Å². The Hall–Kier alpha value is -3.52. The van der Waals surface area contributed by atoms with Crippen LogP contribution in [-0.2, 0) is 9.59 Å². The van der Waals surface area contributed by atoms with Crippen LogP contribution in [0, 0.1) is 12.7 Å². The molecule has 29 heavy (non-hydrogen) atoms. The molecule has 5 N–H and O–H groups in total. The predicted molar refractivity (Wildman–Crippen MR) is 107 cm³/mol. The zero-order valence-electron chi connectivity index (χ0n) is 15.8. The summed E-state index contributed by atoms with van der Waals surface area (Å²) in [6.45, 7) is 1.79. The molecular weight excluding hydrogens is 375 g/mol. The molecule has 2 amide bonds. The SMILES string of the molecule is Cc1cc(F)ccc1-c1cnc(-c2cccc(NC(=O)[C@@H](N)CCC(N)=O)c2)o1. The summed E-state index contributed by atoms with van der Waals surface area (Å²) in [5.74, 6) is -0.369. The molecule has 0 bridgehead atoms. The lowest BCUT2D eigenvalue weighted by atomic mass is 10.1. The largest absolute Gasteiger partial charge is 0.436 e. The number of benzene rings is 2. The van der Waals surface area contributed by atoms with Crippen LogP contribution in [0.1, 0.15) is 18.4 Å². The van der Waals surface area contributed by atoms with Gasteiger partial charge >= 0.3 is 0 Å². The van der Waals surface area contributed by atoms with Crippen LogP contribution in [0.2, 0.25) is 0 Å². The highest BCUT2D eigenvalue weighted by molar-refractivity contribution is 5.95. The lowest BCUT2D eigenvalue weighted by Gasteiger charge is -2.11. The number of aryl methyl sites for hydroxylation is 1. The van der Waals surface area contributed by atoms with E-state index in [2.05, 4.69) is 10.3 Å². The van der Waals surface area contributed by atoms with Crippen molar-refractivity contribution < 1.29 is 18.4 Å². The molecule has 0 saturated carbocycles. The van der Waals surface area contributed by atoms with Gasteiger partial charge in [0.25, 0.3) is 0 Å². The first-order chi connectivity index (χ1) is 13.8. The molecule has 0 fully saturated rings. The number of hydrogen-bond donors (Lipinski definition) is 3. The van der Waals surface area contributed by atoms with Gasteiger partial charge in [-0.25, -0.2) is 9.37 Å². The molecule has 0 radical (unpaired) electrons. The highest BCUT2D eigenvalue weighted by Gasteiger charge is 2.16. The van der Waals surface area contributed by atoms with Gasteiger partial charge in [-0.1, -0.05) is 6.07 Å². The summed E-state index contributed by atoms with van der Waals surface area (Å²) < 4.78 is 19.1. The lowest BCUT2D eigenvalue weighted by molar-refractivity contribution is -0.119. The minimum Gasteiger partial charge on any atom is -0.436 e. The van der Waals surface area contributed by atoms with Gasteiger partial charge in [-0.2, -0.15) is 0 Å². The molecule has 150 valence electrons. The Labute approximate surface area is 166 Å². The molecule has 3 rings (SSSR count). The van der Waals surface area contributed by atoms with Gasteiger partial charge in [0, 0.05) is 23.2 Å². The Morgan fingerprint density at radius 3 is 2.76 bits per heavy atom. The number of nitrogens with one attached hydrogen (secondary N) is 1. The fourth-order valence-corrected chi connectivity index (χ4v) is 2.83. The number of halogens is 1. The number of carbonyl (C=O) groups is 2. The quantitative estimate of drug-likeness (QED) is 0.566. The second kappa shape index (κ2) is 8.66. The Bertz CT molecular complexity index is 1050. The number of oxazole rings is 1. The van der Waals surface area contributed by atoms with Crippen molar-refractivity contribution in [2.24, 2.45) is 11.5 Å². The second-order valence-corrected chi connectivity index (χ2v) is 6.67. The average Bonchev–Trinajstić information content (AvgIpc) is 3.16. The number of nitrogens with zero attached hydrogens (tertiary/aromatic N) is 1. The van der Waals surface area contributed by atoms with Gasteiger partial charge in [-0.15, -0.1) is 0 Å². The van der Waals surface area contributed by atoms with Gasteiger partial charge < -0.3 is 21.2 Å². The minimum atomic E-state index is -0.846. The normalized spacial score (nSPS) is 11.8. The highest BCUT2D eigenvalue weighted by atomic mass is 19.1. The van der Waals surface area contributed by atoms with E-state index < -0.39 is 17.9 Å². The average molecular weight is 396 g/mol. The first kappa shape index (κ1) is 20.2. The third kappa shape index (κ3) is 5.05. The monoisotopic (exact) mass is 396 g/mol. The molecule has 0 spiro atoms. The van der Waals surface area contributed by atoms with Gasteiger partial charge in [0.15, 0.2) is 5.76 Å². The number of aromatic nitrogens is 1. The maximum atomic E-state index is 13.3. The van der Waals surface area contributed by atoms with Crippen LogP contribution < -0.4 is 16.8 Å². The van der Waals surface area contributed by atoms with Crippen LogP contribution in [-0.4, -0.2) is 22.8 Å². The molecule has 0 unspecified atom stereocenters. The smallest absolute Gasteiger partial charge is 0.241 e. The molecule has 1 atom stereocenters. The molecule has 1 heterocycles. The molecule has 0 aliphatic heterocycles. The van der Waals surface area contributed by atoms with Crippen molar-refractivity contribution in [3.63, 3.8) is 0 Å². The summed E-state index contributed by atoms with van der Waals surface area (Å²) >= 11 is 0. The van der Waals surface area contributed by atoms with Crippen molar-refractivity contribution in [3.8, 4) is 22.8 Å². The summed E-state index contributed by atoms with van der Waals surface area (Å²) in [5.41, 5.74) is 13.5. The molecule has 0 aliphatic rings. The molecule has 0 saturated heterocycles. The van der Waals surface area contributed by atoms with E-state index in [0.29, 0.717) is 22.9 Å². The molecular formula is C21H21FN4O3. The van der Waals surface area contributed by atoms with Crippen molar-refractivity contribution in [2.45, 2.75) is 25.8 Å². The topological polar surface area (TPSA) is 124 Å². The zero-order valence-corrected chi connectivity index (χ0v) is 15.8. The van der Waals surface area contributed by atoms with Crippen LogP contribution in [0.3, 0.4) is 0 Å². The molecule has 2 aromatic carbocycles. The lowest BCUT2D eigenvalue weighted by Crippen LogP contribution is -2.36. The zero-order chi connectivity index (χ0) is 21.0. The van der Waals surface area contributed by atoms with Crippen molar-refractivity contribution in [3.05, 3.63) is 60.0 Å². The standard InChI is InChI=1S/C21H21FN4O3/c1-12-9-14(22)5-6-16(12)18-11-25-21(29-18)13-3-2-4-15(10-13)26-20(28)17(23)7-8-19(24)27/h2-6,9-11,17H,7-8,23H2,1H3,(H2,24,27)(H,26,28)/t17-/m0/s1. The molecule has 0 aliphatic carbocycles. The van der Waals surface area contributed by atoms with Gasteiger partial charge in [-0.05, 0) is 55.3 Å². The van der Waals surface area contributed by atoms with E-state index in [1.807, 2.05) is 0 Å². The number of rotatable bonds is 7. The maximum Gasteiger partial charge on any atom is 0.241 e. The van der Waals surface area contributed by atoms with Gasteiger partial charge in [-0.3, -0.25) is 9.59 Å².